The molecule has 0 bridgehead atoms. The second kappa shape index (κ2) is 27.3. The fraction of sp³-hybridized carbons (Fsp3) is 0.593. The van der Waals surface area contributed by atoms with E-state index in [1.165, 1.54) is 13.0 Å². The van der Waals surface area contributed by atoms with Crippen molar-refractivity contribution in [3.8, 4) is 22.5 Å². The van der Waals surface area contributed by atoms with E-state index in [0.29, 0.717) is 52.7 Å². The largest absolute Gasteiger partial charge is 0.545 e. The number of anilines is 1. The number of rotatable bonds is 23. The Hall–Kier alpha value is -5.26. The second-order valence-corrected chi connectivity index (χ2v) is 20.3. The summed E-state index contributed by atoms with van der Waals surface area (Å²) in [6.07, 6.45) is -19.6. The number of nitrogens with zero attached hydrogens (tertiary/aromatic N) is 2. The normalized spacial score (nSPS) is 29.3. The Morgan fingerprint density at radius 2 is 1.28 bits per heavy atom. The SMILES string of the molecule is C[C@@H]1O[C@@H](O[C@H]2[C@H](OCCCCCCCCC(=O)NCCNC(=O)c3ccc(-c4c5ccc(=[N+](C)C)cc-5oc5cc(N(C)C)ccc45)c(C(=O)[O-])c3)O[C@H](CO)[C@H](O)[C@@H]2O[C@H]2O[C@H](CO)[C@H](O)[C@H](O)[C@H]2O)[C@@H](O)[C@H](O)[C@@H]1O. The lowest BCUT2D eigenvalue weighted by Gasteiger charge is -2.48. The van der Waals surface area contributed by atoms with E-state index in [2.05, 4.69) is 10.6 Å². The third kappa shape index (κ3) is 14.0. The Kier molecular flexibility index (Phi) is 21.1. The van der Waals surface area contributed by atoms with Crippen LogP contribution in [0.25, 0.3) is 33.4 Å². The number of hydrogen-bond donors (Lipinski definition) is 11. The molecule has 24 heteroatoms. The van der Waals surface area contributed by atoms with Crippen molar-refractivity contribution in [3.05, 3.63) is 71.1 Å². The summed E-state index contributed by atoms with van der Waals surface area (Å²) in [7, 11) is 7.64. The number of aromatic carboxylic acids is 1. The number of carbonyl (C=O) groups is 3. The maximum absolute atomic E-state index is 13.3. The Balaban J connectivity index is 0.867. The van der Waals surface area contributed by atoms with Gasteiger partial charge in [-0.05, 0) is 55.7 Å². The van der Waals surface area contributed by atoms with E-state index in [1.54, 1.807) is 12.1 Å². The van der Waals surface area contributed by atoms with E-state index >= 15 is 0 Å². The molecule has 3 saturated heterocycles. The molecule has 0 aromatic heterocycles. The van der Waals surface area contributed by atoms with Crippen LogP contribution in [0.2, 0.25) is 0 Å². The van der Waals surface area contributed by atoms with Crippen LogP contribution in [0.4, 0.5) is 5.69 Å². The number of ether oxygens (including phenoxy) is 6. The summed E-state index contributed by atoms with van der Waals surface area (Å²) in [6, 6.07) is 15.8. The lowest BCUT2D eigenvalue weighted by atomic mass is 9.89. The van der Waals surface area contributed by atoms with Crippen LogP contribution < -0.4 is 30.6 Å². The van der Waals surface area contributed by atoms with Crippen LogP contribution in [0.15, 0.2) is 59.0 Å². The fourth-order valence-electron chi connectivity index (χ4n) is 9.74. The molecule has 2 aromatic carbocycles. The van der Waals surface area contributed by atoms with Crippen molar-refractivity contribution >= 4 is 34.4 Å². The first-order chi connectivity index (χ1) is 37.2. The molecule has 3 fully saturated rings. The molecule has 15 atom stereocenters. The Labute approximate surface area is 450 Å². The first-order valence-corrected chi connectivity index (χ1v) is 26.2. The zero-order chi connectivity index (χ0) is 56.5. The highest BCUT2D eigenvalue weighted by Crippen LogP contribution is 2.42. The number of nitrogens with one attached hydrogen (secondary N) is 2. The monoisotopic (exact) mass is 1100 g/mol. The third-order valence-corrected chi connectivity index (χ3v) is 14.3. The van der Waals surface area contributed by atoms with E-state index in [9.17, 15) is 65.4 Å². The summed E-state index contributed by atoms with van der Waals surface area (Å²) in [5, 5.41) is 114. The molecule has 4 aliphatic heterocycles. The first-order valence-electron chi connectivity index (χ1n) is 26.2. The Morgan fingerprint density at radius 3 is 1.96 bits per heavy atom. The van der Waals surface area contributed by atoms with E-state index in [-0.39, 0.29) is 43.2 Å². The maximum Gasteiger partial charge on any atom is 0.251 e. The van der Waals surface area contributed by atoms with Gasteiger partial charge >= 0.3 is 0 Å². The van der Waals surface area contributed by atoms with Gasteiger partial charge in [0.1, 0.15) is 92.6 Å². The van der Waals surface area contributed by atoms with Crippen LogP contribution in [0, 0.1) is 0 Å². The number of hydrogen-bond acceptors (Lipinski definition) is 21. The number of carboxylic acid groups (broad SMARTS) is 1. The van der Waals surface area contributed by atoms with Crippen LogP contribution in [-0.2, 0) is 33.2 Å². The van der Waals surface area contributed by atoms with E-state index in [1.807, 2.05) is 74.1 Å². The average Bonchev–Trinajstić information content (AvgIpc) is 3.46. The molecule has 11 N–H and O–H groups in total. The van der Waals surface area contributed by atoms with E-state index < -0.39 is 117 Å². The van der Waals surface area contributed by atoms with Gasteiger partial charge in [-0.2, -0.15) is 0 Å². The fourth-order valence-corrected chi connectivity index (χ4v) is 9.74. The predicted octanol–water partition coefficient (Wildman–Crippen LogP) is -2.26. The maximum atomic E-state index is 13.3. The van der Waals surface area contributed by atoms with Crippen LogP contribution >= 0.6 is 0 Å². The molecule has 2 aromatic rings. The van der Waals surface area contributed by atoms with Gasteiger partial charge in [0.2, 0.25) is 11.3 Å². The molecule has 24 nitrogen and oxygen atoms in total. The molecule has 78 heavy (non-hydrogen) atoms. The summed E-state index contributed by atoms with van der Waals surface area (Å²) in [5.74, 6) is -1.65. The summed E-state index contributed by atoms with van der Waals surface area (Å²) < 4.78 is 43.3. The van der Waals surface area contributed by atoms with Gasteiger partial charge in [-0.15, -0.1) is 0 Å². The van der Waals surface area contributed by atoms with Gasteiger partial charge in [0, 0.05) is 85.7 Å². The summed E-state index contributed by atoms with van der Waals surface area (Å²) >= 11 is 0. The highest BCUT2D eigenvalue weighted by atomic mass is 16.8. The predicted molar refractivity (Wildman–Crippen MR) is 275 cm³/mol. The summed E-state index contributed by atoms with van der Waals surface area (Å²) in [6.45, 7) is 0.183. The smallest absolute Gasteiger partial charge is 0.251 e. The molecule has 2 amide bonds. The van der Waals surface area contributed by atoms with Crippen molar-refractivity contribution in [2.75, 3.05) is 66.0 Å². The molecular weight excluding hydrogens is 1020 g/mol. The molecule has 7 rings (SSSR count). The molecule has 0 unspecified atom stereocenters. The van der Waals surface area contributed by atoms with E-state index in [0.717, 1.165) is 30.3 Å². The number of aliphatic hydroxyl groups is 9. The van der Waals surface area contributed by atoms with Crippen molar-refractivity contribution < 1.29 is 98.3 Å². The summed E-state index contributed by atoms with van der Waals surface area (Å²) in [4.78, 5) is 40.6. The van der Waals surface area contributed by atoms with Gasteiger partial charge in [-0.1, -0.05) is 31.7 Å². The van der Waals surface area contributed by atoms with Crippen LogP contribution in [-0.4, -0.2) is 217 Å². The lowest BCUT2D eigenvalue weighted by molar-refractivity contribution is -0.390. The van der Waals surface area contributed by atoms with Crippen molar-refractivity contribution in [3.63, 3.8) is 0 Å². The first kappa shape index (κ1) is 60.4. The standard InChI is InChI=1S/C54H74N4O20/c1-27-41(62)44(65)46(67)52(73-27)78-49-48(77-53-47(68)45(66)42(63)37(25-59)75-53)43(64)38(26-60)76-54(49)72-21-11-9-7-6-8-10-12-39(61)55-19-20-56-50(69)28-13-16-31(34(22-28)51(70)71)40-32-17-14-29(57(2)3)23-35(32)74-36-24-30(58(4)5)15-18-33(36)40/h13-18,22-24,27,37-38,41-49,52-54,59-60,62-68H,6-12,19-21,25-26H2,1-5H3,(H2-,55,56,61,69,70,71)/t27-,37+,38+,41+,42-,43-,44+,45-,46-,47+,48-,49+,52-,53+,54+/m0/s1. The van der Waals surface area contributed by atoms with E-state index in [4.69, 9.17) is 32.8 Å². The van der Waals surface area contributed by atoms with Crippen molar-refractivity contribution in [1.82, 2.24) is 15.2 Å². The average molecular weight is 1100 g/mol. The zero-order valence-electron chi connectivity index (χ0n) is 44.3. The topological polar surface area (TPSA) is 355 Å². The minimum atomic E-state index is -1.89. The highest BCUT2D eigenvalue weighted by molar-refractivity contribution is 6.09. The number of carboxylic acids is 1. The molecular formula is C54H74N4O20. The number of carbonyl (C=O) groups excluding carboxylic acids is 3. The highest BCUT2D eigenvalue weighted by Gasteiger charge is 2.54. The van der Waals surface area contributed by atoms with Crippen molar-refractivity contribution in [2.24, 2.45) is 0 Å². The molecule has 4 heterocycles. The number of fused-ring (bicyclic) bond motifs is 2. The zero-order valence-corrected chi connectivity index (χ0v) is 44.3. The van der Waals surface area contributed by atoms with Gasteiger partial charge in [0.05, 0.1) is 31.4 Å². The second-order valence-electron chi connectivity index (χ2n) is 20.3. The van der Waals surface area contributed by atoms with Gasteiger partial charge < -0.3 is 104 Å². The molecule has 0 radical (unpaired) electrons. The van der Waals surface area contributed by atoms with Gasteiger partial charge in [-0.3, -0.25) is 9.59 Å². The van der Waals surface area contributed by atoms with Gasteiger partial charge in [0.25, 0.3) is 5.91 Å². The summed E-state index contributed by atoms with van der Waals surface area (Å²) in [5.41, 5.74) is 3.01. The third-order valence-electron chi connectivity index (χ3n) is 14.3. The minimum absolute atomic E-state index is 0.0508. The minimum Gasteiger partial charge on any atom is -0.545 e. The van der Waals surface area contributed by atoms with Gasteiger partial charge in [-0.25, -0.2) is 4.58 Å². The molecule has 1 aliphatic carbocycles. The van der Waals surface area contributed by atoms with Crippen LogP contribution in [0.3, 0.4) is 0 Å². The lowest BCUT2D eigenvalue weighted by Crippen LogP contribution is -2.67. The van der Waals surface area contributed by atoms with Crippen molar-refractivity contribution in [1.29, 1.82) is 0 Å². The number of amides is 2. The Bertz CT molecular complexity index is 2700. The quantitative estimate of drug-likeness (QED) is 0.0212. The molecule has 5 aliphatic rings. The number of aliphatic hydroxyl groups excluding tert-OH is 9. The molecule has 0 saturated carbocycles. The molecule has 0 spiro atoms. The van der Waals surface area contributed by atoms with Gasteiger partial charge in [0.15, 0.2) is 18.9 Å². The van der Waals surface area contributed by atoms with Crippen molar-refractivity contribution in [2.45, 2.75) is 144 Å². The Morgan fingerprint density at radius 1 is 0.667 bits per heavy atom. The van der Waals surface area contributed by atoms with Crippen LogP contribution in [0.5, 0.6) is 0 Å². The number of unbranched alkanes of at least 4 members (excludes halogenated alkanes) is 5. The van der Waals surface area contributed by atoms with Crippen LogP contribution in [0.1, 0.15) is 72.6 Å². The molecule has 430 valence electrons. The number of benzene rings is 3.